The Kier molecular flexibility index (Phi) is 4.86. The van der Waals surface area contributed by atoms with Gasteiger partial charge in [-0.3, -0.25) is 9.69 Å². The molecule has 1 fully saturated rings. The van der Waals surface area contributed by atoms with E-state index in [1.807, 2.05) is 6.92 Å². The quantitative estimate of drug-likeness (QED) is 0.585. The second-order valence-corrected chi connectivity index (χ2v) is 3.43. The van der Waals surface area contributed by atoms with Gasteiger partial charge in [-0.1, -0.05) is 6.92 Å². The smallest absolute Gasteiger partial charge is 0.235 e. The molecule has 1 aliphatic rings. The fourth-order valence-electron chi connectivity index (χ4n) is 1.54. The number of rotatable bonds is 5. The van der Waals surface area contributed by atoms with Crippen molar-refractivity contribution in [2.75, 3.05) is 39.4 Å². The van der Waals surface area contributed by atoms with E-state index in [0.29, 0.717) is 6.54 Å². The number of hydrogen-bond acceptors (Lipinski definition) is 4. The minimum atomic E-state index is -0.279. The molecule has 3 N–H and O–H groups in total. The Morgan fingerprint density at radius 3 is 2.71 bits per heavy atom. The van der Waals surface area contributed by atoms with Crippen LogP contribution >= 0.6 is 0 Å². The number of morpholine rings is 1. The van der Waals surface area contributed by atoms with Gasteiger partial charge in [-0.2, -0.15) is 0 Å². The molecule has 1 amide bonds. The standard InChI is InChI=1S/C9H19N3O2/c1-2-11-8(9(10)13)7-12-3-5-14-6-4-12/h8,11H,2-7H2,1H3,(H2,10,13). The molecule has 1 aliphatic heterocycles. The molecule has 1 unspecified atom stereocenters. The lowest BCUT2D eigenvalue weighted by atomic mass is 10.2. The first-order valence-corrected chi connectivity index (χ1v) is 5.07. The zero-order valence-electron chi connectivity index (χ0n) is 8.66. The largest absolute Gasteiger partial charge is 0.379 e. The van der Waals surface area contributed by atoms with Crippen LogP contribution in [0.1, 0.15) is 6.92 Å². The zero-order valence-corrected chi connectivity index (χ0v) is 8.66. The van der Waals surface area contributed by atoms with Gasteiger partial charge in [0.2, 0.25) is 5.91 Å². The van der Waals surface area contributed by atoms with E-state index < -0.39 is 0 Å². The van der Waals surface area contributed by atoms with Crippen molar-refractivity contribution in [3.63, 3.8) is 0 Å². The molecule has 5 nitrogen and oxygen atoms in total. The first-order chi connectivity index (χ1) is 6.74. The molecule has 1 atom stereocenters. The van der Waals surface area contributed by atoms with Gasteiger partial charge < -0.3 is 15.8 Å². The number of nitrogens with two attached hydrogens (primary N) is 1. The first kappa shape index (κ1) is 11.4. The number of carbonyl (C=O) groups excluding carboxylic acids is 1. The molecule has 82 valence electrons. The summed E-state index contributed by atoms with van der Waals surface area (Å²) >= 11 is 0. The molecular weight excluding hydrogens is 182 g/mol. The number of hydrogen-bond donors (Lipinski definition) is 2. The average Bonchev–Trinajstić information content (AvgIpc) is 2.18. The second-order valence-electron chi connectivity index (χ2n) is 3.43. The van der Waals surface area contributed by atoms with Gasteiger partial charge in [0.1, 0.15) is 0 Å². The molecule has 1 rings (SSSR count). The van der Waals surface area contributed by atoms with Crippen LogP contribution in [-0.2, 0) is 9.53 Å². The molecule has 1 heterocycles. The summed E-state index contributed by atoms with van der Waals surface area (Å²) in [5.74, 6) is -0.279. The van der Waals surface area contributed by atoms with Crippen LogP contribution in [0.5, 0.6) is 0 Å². The van der Waals surface area contributed by atoms with E-state index in [0.717, 1.165) is 32.8 Å². The van der Waals surface area contributed by atoms with Gasteiger partial charge in [-0.05, 0) is 6.54 Å². The molecule has 0 spiro atoms. The molecule has 0 saturated carbocycles. The van der Waals surface area contributed by atoms with E-state index in [2.05, 4.69) is 10.2 Å². The van der Waals surface area contributed by atoms with Crippen LogP contribution < -0.4 is 11.1 Å². The second kappa shape index (κ2) is 5.95. The molecule has 1 saturated heterocycles. The summed E-state index contributed by atoms with van der Waals surface area (Å²) < 4.78 is 5.22. The highest BCUT2D eigenvalue weighted by atomic mass is 16.5. The van der Waals surface area contributed by atoms with E-state index in [1.165, 1.54) is 0 Å². The molecule has 0 aromatic rings. The van der Waals surface area contributed by atoms with E-state index in [1.54, 1.807) is 0 Å². The van der Waals surface area contributed by atoms with Crippen molar-refractivity contribution in [2.45, 2.75) is 13.0 Å². The van der Waals surface area contributed by atoms with Crippen molar-refractivity contribution in [3.8, 4) is 0 Å². The van der Waals surface area contributed by atoms with E-state index in [-0.39, 0.29) is 11.9 Å². The number of primary amides is 1. The maximum atomic E-state index is 11.1. The molecule has 0 aromatic carbocycles. The molecular formula is C9H19N3O2. The highest BCUT2D eigenvalue weighted by Gasteiger charge is 2.19. The third-order valence-corrected chi connectivity index (χ3v) is 2.34. The van der Waals surface area contributed by atoms with Crippen LogP contribution in [0.25, 0.3) is 0 Å². The van der Waals surface area contributed by atoms with E-state index in [9.17, 15) is 4.79 Å². The third kappa shape index (κ3) is 3.61. The maximum Gasteiger partial charge on any atom is 0.235 e. The van der Waals surface area contributed by atoms with Crippen LogP contribution in [0.2, 0.25) is 0 Å². The number of ether oxygens (including phenoxy) is 1. The summed E-state index contributed by atoms with van der Waals surface area (Å²) in [6.45, 7) is 6.68. The summed E-state index contributed by atoms with van der Waals surface area (Å²) in [4.78, 5) is 13.3. The van der Waals surface area contributed by atoms with Gasteiger partial charge in [0.15, 0.2) is 0 Å². The Bertz CT molecular complexity index is 181. The molecule has 0 radical (unpaired) electrons. The van der Waals surface area contributed by atoms with Gasteiger partial charge in [-0.15, -0.1) is 0 Å². The van der Waals surface area contributed by atoms with Gasteiger partial charge in [0.05, 0.1) is 19.3 Å². The van der Waals surface area contributed by atoms with Crippen LogP contribution in [-0.4, -0.2) is 56.2 Å². The molecule has 0 aliphatic carbocycles. The number of nitrogens with one attached hydrogen (secondary N) is 1. The highest BCUT2D eigenvalue weighted by Crippen LogP contribution is 1.98. The van der Waals surface area contributed by atoms with Crippen molar-refractivity contribution in [1.82, 2.24) is 10.2 Å². The Labute approximate surface area is 84.6 Å². The number of carbonyl (C=O) groups is 1. The Morgan fingerprint density at radius 2 is 2.21 bits per heavy atom. The van der Waals surface area contributed by atoms with Gasteiger partial charge in [0.25, 0.3) is 0 Å². The highest BCUT2D eigenvalue weighted by molar-refractivity contribution is 5.80. The fourth-order valence-corrected chi connectivity index (χ4v) is 1.54. The number of nitrogens with zero attached hydrogens (tertiary/aromatic N) is 1. The van der Waals surface area contributed by atoms with Crippen LogP contribution in [0.15, 0.2) is 0 Å². The van der Waals surface area contributed by atoms with Crippen LogP contribution in [0, 0.1) is 0 Å². The first-order valence-electron chi connectivity index (χ1n) is 5.07. The molecule has 14 heavy (non-hydrogen) atoms. The Balaban J connectivity index is 2.33. The maximum absolute atomic E-state index is 11.1. The molecule has 0 bridgehead atoms. The van der Waals surface area contributed by atoms with Crippen LogP contribution in [0.4, 0.5) is 0 Å². The Morgan fingerprint density at radius 1 is 1.57 bits per heavy atom. The van der Waals surface area contributed by atoms with Gasteiger partial charge in [-0.25, -0.2) is 0 Å². The van der Waals surface area contributed by atoms with E-state index >= 15 is 0 Å². The lowest BCUT2D eigenvalue weighted by molar-refractivity contribution is -0.120. The number of amides is 1. The normalized spacial score (nSPS) is 20.6. The average molecular weight is 201 g/mol. The van der Waals surface area contributed by atoms with Crippen molar-refractivity contribution in [1.29, 1.82) is 0 Å². The minimum Gasteiger partial charge on any atom is -0.379 e. The molecule has 5 heteroatoms. The Hall–Kier alpha value is -0.650. The minimum absolute atomic E-state index is 0.238. The van der Waals surface area contributed by atoms with Crippen molar-refractivity contribution < 1.29 is 9.53 Å². The lowest BCUT2D eigenvalue weighted by Gasteiger charge is -2.29. The topological polar surface area (TPSA) is 67.6 Å². The summed E-state index contributed by atoms with van der Waals surface area (Å²) in [5, 5.41) is 3.07. The van der Waals surface area contributed by atoms with Crippen molar-refractivity contribution in [2.24, 2.45) is 5.73 Å². The predicted octanol–water partition coefficient (Wildman–Crippen LogP) is -1.22. The van der Waals surface area contributed by atoms with Gasteiger partial charge in [0, 0.05) is 19.6 Å². The fraction of sp³-hybridized carbons (Fsp3) is 0.889. The number of likely N-dealkylation sites (N-methyl/N-ethyl adjacent to an activating group) is 1. The monoisotopic (exact) mass is 201 g/mol. The van der Waals surface area contributed by atoms with Gasteiger partial charge >= 0.3 is 0 Å². The van der Waals surface area contributed by atoms with E-state index in [4.69, 9.17) is 10.5 Å². The summed E-state index contributed by atoms with van der Waals surface area (Å²) in [5.41, 5.74) is 5.28. The van der Waals surface area contributed by atoms with Crippen molar-refractivity contribution >= 4 is 5.91 Å². The summed E-state index contributed by atoms with van der Waals surface area (Å²) in [6, 6.07) is -0.238. The zero-order chi connectivity index (χ0) is 10.4. The van der Waals surface area contributed by atoms with Crippen molar-refractivity contribution in [3.05, 3.63) is 0 Å². The SMILES string of the molecule is CCNC(CN1CCOCC1)C(N)=O. The lowest BCUT2D eigenvalue weighted by Crippen LogP contribution is -2.51. The van der Waals surface area contributed by atoms with Crippen LogP contribution in [0.3, 0.4) is 0 Å². The summed E-state index contributed by atoms with van der Waals surface area (Å²) in [6.07, 6.45) is 0. The third-order valence-electron chi connectivity index (χ3n) is 2.34. The predicted molar refractivity (Wildman–Crippen MR) is 53.9 cm³/mol. The molecule has 0 aromatic heterocycles. The summed E-state index contributed by atoms with van der Waals surface area (Å²) in [7, 11) is 0.